The van der Waals surface area contributed by atoms with Crippen LogP contribution < -0.4 is 9.62 Å². The molecule has 42 heavy (non-hydrogen) atoms. The van der Waals surface area contributed by atoms with E-state index in [1.807, 2.05) is 20.8 Å². The van der Waals surface area contributed by atoms with Crippen molar-refractivity contribution in [2.24, 2.45) is 5.92 Å². The van der Waals surface area contributed by atoms with Crippen LogP contribution in [0, 0.1) is 19.8 Å². The van der Waals surface area contributed by atoms with Gasteiger partial charge in [0, 0.05) is 18.1 Å². The second-order valence-corrected chi connectivity index (χ2v) is 13.7. The molecule has 1 N–H and O–H groups in total. The van der Waals surface area contributed by atoms with Crippen molar-refractivity contribution in [3.63, 3.8) is 0 Å². The predicted molar refractivity (Wildman–Crippen MR) is 171 cm³/mol. The Kier molecular flexibility index (Phi) is 11.7. The van der Waals surface area contributed by atoms with E-state index in [0.29, 0.717) is 33.6 Å². The molecular weight excluding hydrogens is 617 g/mol. The Labute approximate surface area is 263 Å². The lowest BCUT2D eigenvalue weighted by Crippen LogP contribution is -2.52. The standard InChI is InChI=1S/C31H36Cl3N3O4S/c1-6-29(31(39)35-17-20(2)3)36(18-23-10-14-26(32)28(34)15-23)30(38)19-37(24-11-9-22(5)27(33)16-24)42(40,41)25-12-7-21(4)8-13-25/h7-16,20,29H,6,17-19H2,1-5H3,(H,35,39). The van der Waals surface area contributed by atoms with E-state index >= 15 is 0 Å². The molecule has 0 aliphatic carbocycles. The van der Waals surface area contributed by atoms with E-state index in [-0.39, 0.29) is 29.0 Å². The van der Waals surface area contributed by atoms with E-state index in [2.05, 4.69) is 5.32 Å². The highest BCUT2D eigenvalue weighted by Crippen LogP contribution is 2.29. The van der Waals surface area contributed by atoms with Crippen LogP contribution in [0.4, 0.5) is 5.69 Å². The fraction of sp³-hybridized carbons (Fsp3) is 0.355. The maximum Gasteiger partial charge on any atom is 0.264 e. The van der Waals surface area contributed by atoms with Crippen LogP contribution in [0.2, 0.25) is 15.1 Å². The number of hydrogen-bond donors (Lipinski definition) is 1. The molecule has 11 heteroatoms. The minimum absolute atomic E-state index is 0.0103. The number of halogens is 3. The summed E-state index contributed by atoms with van der Waals surface area (Å²) >= 11 is 18.8. The van der Waals surface area contributed by atoms with Gasteiger partial charge in [-0.05, 0) is 73.7 Å². The largest absolute Gasteiger partial charge is 0.354 e. The average molecular weight is 653 g/mol. The van der Waals surface area contributed by atoms with Crippen molar-refractivity contribution in [1.82, 2.24) is 10.2 Å². The van der Waals surface area contributed by atoms with Crippen molar-refractivity contribution in [3.05, 3.63) is 92.4 Å². The molecule has 0 saturated heterocycles. The van der Waals surface area contributed by atoms with Crippen LogP contribution in [0.1, 0.15) is 43.9 Å². The molecule has 0 aliphatic rings. The minimum Gasteiger partial charge on any atom is -0.354 e. The summed E-state index contributed by atoms with van der Waals surface area (Å²) in [7, 11) is -4.20. The Morgan fingerprint density at radius 3 is 2.12 bits per heavy atom. The molecule has 2 amide bonds. The van der Waals surface area contributed by atoms with Crippen molar-refractivity contribution in [2.45, 2.75) is 58.5 Å². The molecule has 0 saturated carbocycles. The first kappa shape index (κ1) is 33.7. The summed E-state index contributed by atoms with van der Waals surface area (Å²) in [4.78, 5) is 28.9. The lowest BCUT2D eigenvalue weighted by molar-refractivity contribution is -0.140. The summed E-state index contributed by atoms with van der Waals surface area (Å²) in [6.07, 6.45) is 0.304. The molecule has 1 atom stereocenters. The number of nitrogens with zero attached hydrogens (tertiary/aromatic N) is 2. The number of benzene rings is 3. The van der Waals surface area contributed by atoms with Gasteiger partial charge in [0.2, 0.25) is 11.8 Å². The van der Waals surface area contributed by atoms with Crippen molar-refractivity contribution in [3.8, 4) is 0 Å². The van der Waals surface area contributed by atoms with Gasteiger partial charge < -0.3 is 10.2 Å². The first-order chi connectivity index (χ1) is 19.7. The van der Waals surface area contributed by atoms with E-state index < -0.39 is 28.5 Å². The topological polar surface area (TPSA) is 86.8 Å². The third-order valence-electron chi connectivity index (χ3n) is 6.74. The van der Waals surface area contributed by atoms with Gasteiger partial charge in [0.1, 0.15) is 12.6 Å². The lowest BCUT2D eigenvalue weighted by Gasteiger charge is -2.33. The zero-order valence-electron chi connectivity index (χ0n) is 24.3. The summed E-state index contributed by atoms with van der Waals surface area (Å²) in [5.41, 5.74) is 2.51. The SMILES string of the molecule is CCC(C(=O)NCC(C)C)N(Cc1ccc(Cl)c(Cl)c1)C(=O)CN(c1ccc(C)c(Cl)c1)S(=O)(=O)c1ccc(C)cc1. The van der Waals surface area contributed by atoms with Crippen molar-refractivity contribution in [2.75, 3.05) is 17.4 Å². The fourth-order valence-electron chi connectivity index (χ4n) is 4.28. The van der Waals surface area contributed by atoms with Gasteiger partial charge in [0.05, 0.1) is 20.6 Å². The molecule has 3 aromatic carbocycles. The van der Waals surface area contributed by atoms with E-state index in [1.165, 1.54) is 23.1 Å². The summed E-state index contributed by atoms with van der Waals surface area (Å²) in [6, 6.07) is 15.3. The van der Waals surface area contributed by atoms with Gasteiger partial charge in [-0.1, -0.05) is 85.4 Å². The first-order valence-corrected chi connectivity index (χ1v) is 16.2. The Morgan fingerprint density at radius 1 is 0.881 bits per heavy atom. The number of amides is 2. The van der Waals surface area contributed by atoms with Crippen LogP contribution in [-0.4, -0.2) is 44.3 Å². The smallest absolute Gasteiger partial charge is 0.264 e. The van der Waals surface area contributed by atoms with E-state index in [1.54, 1.807) is 56.3 Å². The number of anilines is 1. The number of carbonyl (C=O) groups excluding carboxylic acids is 2. The number of carbonyl (C=O) groups is 2. The zero-order valence-corrected chi connectivity index (χ0v) is 27.4. The zero-order chi connectivity index (χ0) is 31.2. The molecule has 0 bridgehead atoms. The minimum atomic E-state index is -4.20. The van der Waals surface area contributed by atoms with Crippen molar-refractivity contribution in [1.29, 1.82) is 0 Å². The monoisotopic (exact) mass is 651 g/mol. The highest BCUT2D eigenvalue weighted by molar-refractivity contribution is 7.92. The Balaban J connectivity index is 2.09. The average Bonchev–Trinajstić information content (AvgIpc) is 2.94. The molecule has 0 fully saturated rings. The van der Waals surface area contributed by atoms with Crippen molar-refractivity contribution >= 4 is 62.3 Å². The molecular formula is C31H36Cl3N3O4S. The van der Waals surface area contributed by atoms with Crippen LogP contribution >= 0.6 is 34.8 Å². The van der Waals surface area contributed by atoms with Gasteiger partial charge in [-0.2, -0.15) is 0 Å². The maximum atomic E-state index is 14.2. The van der Waals surface area contributed by atoms with Gasteiger partial charge >= 0.3 is 0 Å². The number of sulfonamides is 1. The Bertz CT molecular complexity index is 1530. The quantitative estimate of drug-likeness (QED) is 0.227. The van der Waals surface area contributed by atoms with E-state index in [4.69, 9.17) is 34.8 Å². The number of hydrogen-bond acceptors (Lipinski definition) is 4. The molecule has 226 valence electrons. The predicted octanol–water partition coefficient (Wildman–Crippen LogP) is 7.04. The van der Waals surface area contributed by atoms with Crippen molar-refractivity contribution < 1.29 is 18.0 Å². The Hall–Kier alpha value is -2.78. The third-order valence-corrected chi connectivity index (χ3v) is 9.67. The molecule has 0 aromatic heterocycles. The van der Waals surface area contributed by atoms with Gasteiger partial charge in [-0.15, -0.1) is 0 Å². The van der Waals surface area contributed by atoms with Crippen LogP contribution in [0.3, 0.4) is 0 Å². The summed E-state index contributed by atoms with van der Waals surface area (Å²) in [5, 5.41) is 3.92. The lowest BCUT2D eigenvalue weighted by atomic mass is 10.1. The molecule has 3 aromatic rings. The van der Waals surface area contributed by atoms with Gasteiger partial charge in [-0.3, -0.25) is 13.9 Å². The fourth-order valence-corrected chi connectivity index (χ4v) is 6.18. The first-order valence-electron chi connectivity index (χ1n) is 13.6. The Morgan fingerprint density at radius 2 is 1.55 bits per heavy atom. The summed E-state index contributed by atoms with van der Waals surface area (Å²) < 4.78 is 29.0. The van der Waals surface area contributed by atoms with E-state index in [0.717, 1.165) is 15.4 Å². The molecule has 1 unspecified atom stereocenters. The maximum absolute atomic E-state index is 14.2. The second-order valence-electron chi connectivity index (χ2n) is 10.6. The highest BCUT2D eigenvalue weighted by Gasteiger charge is 2.34. The van der Waals surface area contributed by atoms with Gasteiger partial charge in [-0.25, -0.2) is 8.42 Å². The van der Waals surface area contributed by atoms with Crippen LogP contribution in [0.5, 0.6) is 0 Å². The molecule has 0 aliphatic heterocycles. The van der Waals surface area contributed by atoms with Gasteiger partial charge in [0.25, 0.3) is 10.0 Å². The second kappa shape index (κ2) is 14.6. The number of rotatable bonds is 12. The third kappa shape index (κ3) is 8.40. The number of nitrogens with one attached hydrogen (secondary N) is 1. The summed E-state index contributed by atoms with van der Waals surface area (Å²) in [5.74, 6) is -0.696. The molecule has 0 heterocycles. The van der Waals surface area contributed by atoms with E-state index in [9.17, 15) is 18.0 Å². The normalized spacial score (nSPS) is 12.2. The van der Waals surface area contributed by atoms with Crippen LogP contribution in [-0.2, 0) is 26.2 Å². The summed E-state index contributed by atoms with van der Waals surface area (Å²) in [6.45, 7) is 9.28. The van der Waals surface area contributed by atoms with Crippen LogP contribution in [0.15, 0.2) is 65.6 Å². The molecule has 3 rings (SSSR count). The molecule has 0 radical (unpaired) electrons. The van der Waals surface area contributed by atoms with Crippen LogP contribution in [0.25, 0.3) is 0 Å². The van der Waals surface area contributed by atoms with Gasteiger partial charge in [0.15, 0.2) is 0 Å². The number of aryl methyl sites for hydroxylation is 2. The molecule has 0 spiro atoms. The highest BCUT2D eigenvalue weighted by atomic mass is 35.5. The molecule has 7 nitrogen and oxygen atoms in total.